The zero-order valence-corrected chi connectivity index (χ0v) is 16.1. The Hall–Kier alpha value is -1.04. The van der Waals surface area contributed by atoms with Crippen LogP contribution in [0.1, 0.15) is 44.1 Å². The van der Waals surface area contributed by atoms with E-state index in [1.807, 2.05) is 0 Å². The van der Waals surface area contributed by atoms with E-state index in [-0.39, 0.29) is 16.3 Å². The van der Waals surface area contributed by atoms with Crippen molar-refractivity contribution >= 4 is 46.7 Å². The molecule has 134 valence electrons. The van der Waals surface area contributed by atoms with Gasteiger partial charge in [-0.25, -0.2) is 0 Å². The minimum Gasteiger partial charge on any atom is -0.506 e. The van der Waals surface area contributed by atoms with Crippen LogP contribution in [-0.2, 0) is 0 Å². The molecule has 1 aromatic carbocycles. The standard InChI is InChI=1S/C18H21Cl2N3OS/c19-14-4-13(16(24)15(20)5-14)9-21-23-17(25)22-18-6-10-1-11(7-18)3-12(2-10)8-18/h4-5,9-12,24H,1-3,6-8H2,(H2,22,23,25). The predicted octanol–water partition coefficient (Wildman–Crippen LogP) is 4.47. The van der Waals surface area contributed by atoms with Gasteiger partial charge in [-0.1, -0.05) is 23.2 Å². The number of aromatic hydroxyl groups is 1. The summed E-state index contributed by atoms with van der Waals surface area (Å²) < 4.78 is 0. The first-order chi connectivity index (χ1) is 11.9. The van der Waals surface area contributed by atoms with E-state index in [4.69, 9.17) is 35.4 Å². The number of thiocarbonyl (C=S) groups is 1. The largest absolute Gasteiger partial charge is 0.506 e. The molecular weight excluding hydrogens is 377 g/mol. The monoisotopic (exact) mass is 397 g/mol. The number of hydrazone groups is 1. The average molecular weight is 398 g/mol. The van der Waals surface area contributed by atoms with E-state index in [9.17, 15) is 5.11 Å². The van der Waals surface area contributed by atoms with Crippen LogP contribution in [0.3, 0.4) is 0 Å². The van der Waals surface area contributed by atoms with Gasteiger partial charge in [-0.15, -0.1) is 0 Å². The first-order valence-corrected chi connectivity index (χ1v) is 9.88. The summed E-state index contributed by atoms with van der Waals surface area (Å²) in [6, 6.07) is 3.09. The van der Waals surface area contributed by atoms with Crippen molar-refractivity contribution in [2.45, 2.75) is 44.1 Å². The maximum atomic E-state index is 9.94. The summed E-state index contributed by atoms with van der Waals surface area (Å²) in [7, 11) is 0. The predicted molar refractivity (Wildman–Crippen MR) is 105 cm³/mol. The minimum atomic E-state index is -0.0448. The van der Waals surface area contributed by atoms with E-state index in [0.717, 1.165) is 17.8 Å². The topological polar surface area (TPSA) is 56.7 Å². The van der Waals surface area contributed by atoms with Crippen molar-refractivity contribution in [3.8, 4) is 5.75 Å². The van der Waals surface area contributed by atoms with Crippen LogP contribution in [0.2, 0.25) is 10.0 Å². The first kappa shape index (κ1) is 17.4. The van der Waals surface area contributed by atoms with Gasteiger partial charge in [-0.05, 0) is 80.6 Å². The lowest BCUT2D eigenvalue weighted by molar-refractivity contribution is -0.0101. The Labute approximate surface area is 163 Å². The van der Waals surface area contributed by atoms with Gasteiger partial charge in [0.2, 0.25) is 0 Å². The molecule has 0 radical (unpaired) electrons. The highest BCUT2D eigenvalue weighted by atomic mass is 35.5. The number of hydrogen-bond donors (Lipinski definition) is 3. The molecule has 0 aliphatic heterocycles. The number of rotatable bonds is 3. The summed E-state index contributed by atoms with van der Waals surface area (Å²) in [5.41, 5.74) is 3.46. The molecule has 1 aromatic rings. The molecule has 4 aliphatic carbocycles. The zero-order chi connectivity index (χ0) is 17.6. The number of phenolic OH excluding ortho intramolecular Hbond substituents is 1. The maximum Gasteiger partial charge on any atom is 0.187 e. The Morgan fingerprint density at radius 2 is 1.76 bits per heavy atom. The zero-order valence-electron chi connectivity index (χ0n) is 13.8. The van der Waals surface area contributed by atoms with Gasteiger partial charge in [0.1, 0.15) is 5.75 Å². The van der Waals surface area contributed by atoms with E-state index < -0.39 is 0 Å². The molecule has 0 heterocycles. The highest BCUT2D eigenvalue weighted by Crippen LogP contribution is 2.55. The van der Waals surface area contributed by atoms with E-state index >= 15 is 0 Å². The van der Waals surface area contributed by atoms with E-state index in [1.165, 1.54) is 50.8 Å². The summed E-state index contributed by atoms with van der Waals surface area (Å²) in [5.74, 6) is 2.53. The van der Waals surface area contributed by atoms with Crippen molar-refractivity contribution in [3.63, 3.8) is 0 Å². The highest BCUT2D eigenvalue weighted by molar-refractivity contribution is 7.80. The molecule has 4 aliphatic rings. The third kappa shape index (κ3) is 3.60. The fourth-order valence-electron chi connectivity index (χ4n) is 5.38. The Balaban J connectivity index is 1.39. The quantitative estimate of drug-likeness (QED) is 0.400. The van der Waals surface area contributed by atoms with Crippen molar-refractivity contribution in [1.29, 1.82) is 0 Å². The second-order valence-corrected chi connectivity index (χ2v) is 9.10. The lowest BCUT2D eigenvalue weighted by Gasteiger charge is -2.57. The second-order valence-electron chi connectivity index (χ2n) is 7.85. The molecule has 0 unspecified atom stereocenters. The van der Waals surface area contributed by atoms with Crippen LogP contribution in [0.5, 0.6) is 5.75 Å². The molecule has 4 bridgehead atoms. The molecule has 4 fully saturated rings. The molecule has 5 rings (SSSR count). The summed E-state index contributed by atoms with van der Waals surface area (Å²) in [4.78, 5) is 0. The van der Waals surface area contributed by atoms with Crippen molar-refractivity contribution in [2.24, 2.45) is 22.9 Å². The van der Waals surface area contributed by atoms with Crippen LogP contribution in [0.4, 0.5) is 0 Å². The lowest BCUT2D eigenvalue weighted by Crippen LogP contribution is -2.61. The van der Waals surface area contributed by atoms with Crippen LogP contribution in [0, 0.1) is 17.8 Å². The molecule has 0 amide bonds. The fourth-order valence-corrected chi connectivity index (χ4v) is 6.16. The Morgan fingerprint density at radius 1 is 1.16 bits per heavy atom. The van der Waals surface area contributed by atoms with Gasteiger partial charge >= 0.3 is 0 Å². The molecule has 0 spiro atoms. The van der Waals surface area contributed by atoms with Crippen molar-refractivity contribution < 1.29 is 5.11 Å². The highest BCUT2D eigenvalue weighted by Gasteiger charge is 2.51. The third-order valence-electron chi connectivity index (χ3n) is 5.84. The SMILES string of the molecule is Oc1c(Cl)cc(Cl)cc1C=NNC(=S)NC12CC3CC(CC(C3)C1)C2. The van der Waals surface area contributed by atoms with Crippen LogP contribution in [-0.4, -0.2) is 22.0 Å². The summed E-state index contributed by atoms with van der Waals surface area (Å²) >= 11 is 17.3. The summed E-state index contributed by atoms with van der Waals surface area (Å²) in [6.07, 6.45) is 9.32. The summed E-state index contributed by atoms with van der Waals surface area (Å²) in [5, 5.41) is 18.8. The molecule has 4 saturated carbocycles. The van der Waals surface area contributed by atoms with Crippen molar-refractivity contribution in [1.82, 2.24) is 10.7 Å². The second kappa shape index (κ2) is 6.60. The molecule has 4 nitrogen and oxygen atoms in total. The van der Waals surface area contributed by atoms with Crippen LogP contribution in [0.25, 0.3) is 0 Å². The van der Waals surface area contributed by atoms with E-state index in [1.54, 1.807) is 6.07 Å². The molecule has 0 saturated heterocycles. The van der Waals surface area contributed by atoms with Crippen LogP contribution < -0.4 is 10.7 Å². The molecule has 0 aromatic heterocycles. The Bertz CT molecular complexity index is 702. The van der Waals surface area contributed by atoms with Gasteiger partial charge in [-0.2, -0.15) is 5.10 Å². The van der Waals surface area contributed by atoms with Gasteiger partial charge in [0, 0.05) is 16.1 Å². The third-order valence-corrected chi connectivity index (χ3v) is 6.54. The normalized spacial score (nSPS) is 33.0. The Morgan fingerprint density at radius 3 is 2.36 bits per heavy atom. The smallest absolute Gasteiger partial charge is 0.187 e. The minimum absolute atomic E-state index is 0.0448. The van der Waals surface area contributed by atoms with Gasteiger partial charge in [0.05, 0.1) is 11.2 Å². The number of halogens is 2. The molecule has 25 heavy (non-hydrogen) atoms. The van der Waals surface area contributed by atoms with Crippen LogP contribution >= 0.6 is 35.4 Å². The number of phenols is 1. The molecule has 0 atom stereocenters. The molecular formula is C18H21Cl2N3OS. The fraction of sp³-hybridized carbons (Fsp3) is 0.556. The number of hydrogen-bond acceptors (Lipinski definition) is 3. The van der Waals surface area contributed by atoms with Gasteiger partial charge < -0.3 is 10.4 Å². The lowest BCUT2D eigenvalue weighted by atomic mass is 9.53. The van der Waals surface area contributed by atoms with E-state index in [0.29, 0.717) is 15.7 Å². The van der Waals surface area contributed by atoms with Gasteiger partial charge in [0.25, 0.3) is 0 Å². The Kier molecular flexibility index (Phi) is 4.59. The van der Waals surface area contributed by atoms with E-state index in [2.05, 4.69) is 15.8 Å². The van der Waals surface area contributed by atoms with Crippen molar-refractivity contribution in [3.05, 3.63) is 27.7 Å². The van der Waals surface area contributed by atoms with Gasteiger partial charge in [-0.3, -0.25) is 5.43 Å². The van der Waals surface area contributed by atoms with Crippen LogP contribution in [0.15, 0.2) is 17.2 Å². The first-order valence-electron chi connectivity index (χ1n) is 8.72. The molecule has 3 N–H and O–H groups in total. The number of nitrogens with zero attached hydrogens (tertiary/aromatic N) is 1. The summed E-state index contributed by atoms with van der Waals surface area (Å²) in [6.45, 7) is 0. The van der Waals surface area contributed by atoms with Gasteiger partial charge in [0.15, 0.2) is 5.11 Å². The maximum absolute atomic E-state index is 9.94. The molecule has 7 heteroatoms. The average Bonchev–Trinajstić information content (AvgIpc) is 2.50. The van der Waals surface area contributed by atoms with Crippen molar-refractivity contribution in [2.75, 3.05) is 0 Å². The number of nitrogens with one attached hydrogen (secondary N) is 2. The number of benzene rings is 1.